The molecule has 0 heterocycles. The van der Waals surface area contributed by atoms with Crippen molar-refractivity contribution in [1.82, 2.24) is 0 Å². The van der Waals surface area contributed by atoms with Gasteiger partial charge in [-0.05, 0) is 67.8 Å². The van der Waals surface area contributed by atoms with Crippen LogP contribution in [-0.2, 0) is 14.8 Å². The van der Waals surface area contributed by atoms with Gasteiger partial charge >= 0.3 is 0 Å². The molecule has 27 heavy (non-hydrogen) atoms. The lowest BCUT2D eigenvalue weighted by atomic mass is 10.1. The Morgan fingerprint density at radius 2 is 1.74 bits per heavy atom. The molecule has 0 radical (unpaired) electrons. The Bertz CT molecular complexity index is 908. The molecule has 1 amide bonds. The topological polar surface area (TPSA) is 75.7 Å². The Balaban J connectivity index is 2.35. The Labute approximate surface area is 161 Å². The fourth-order valence-corrected chi connectivity index (χ4v) is 4.05. The molecule has 0 bridgehead atoms. The number of amides is 1. The third kappa shape index (κ3) is 5.01. The maximum atomic E-state index is 12.9. The summed E-state index contributed by atoms with van der Waals surface area (Å²) in [5.74, 6) is 0.238. The van der Waals surface area contributed by atoms with Crippen molar-refractivity contribution in [2.75, 3.05) is 23.0 Å². The van der Waals surface area contributed by atoms with E-state index in [4.69, 9.17) is 4.74 Å². The number of sulfonamides is 1. The second kappa shape index (κ2) is 8.43. The van der Waals surface area contributed by atoms with Crippen LogP contribution in [0.5, 0.6) is 5.75 Å². The first kappa shape index (κ1) is 20.8. The van der Waals surface area contributed by atoms with Crippen LogP contribution in [0.2, 0.25) is 0 Å². The third-order valence-electron chi connectivity index (χ3n) is 4.43. The predicted octanol–water partition coefficient (Wildman–Crippen LogP) is 3.50. The molecule has 1 unspecified atom stereocenters. The van der Waals surface area contributed by atoms with Crippen LogP contribution >= 0.6 is 0 Å². The van der Waals surface area contributed by atoms with Gasteiger partial charge in [0.1, 0.15) is 11.8 Å². The van der Waals surface area contributed by atoms with Crippen molar-refractivity contribution in [2.45, 2.75) is 33.2 Å². The van der Waals surface area contributed by atoms with Crippen LogP contribution in [-0.4, -0.2) is 33.7 Å². The number of nitrogens with one attached hydrogen (secondary N) is 1. The van der Waals surface area contributed by atoms with Crippen molar-refractivity contribution >= 4 is 27.3 Å². The van der Waals surface area contributed by atoms with Crippen LogP contribution in [0.25, 0.3) is 0 Å². The molecule has 6 nitrogen and oxygen atoms in total. The normalized spacial score (nSPS) is 12.3. The molecule has 0 spiro atoms. The first-order chi connectivity index (χ1) is 12.7. The minimum absolute atomic E-state index is 0.329. The van der Waals surface area contributed by atoms with Crippen molar-refractivity contribution < 1.29 is 17.9 Å². The van der Waals surface area contributed by atoms with Gasteiger partial charge in [0, 0.05) is 5.69 Å². The van der Waals surface area contributed by atoms with E-state index in [0.29, 0.717) is 23.5 Å². The molecule has 0 aromatic heterocycles. The number of carbonyl (C=O) groups excluding carboxylic acids is 1. The highest BCUT2D eigenvalue weighted by Crippen LogP contribution is 2.26. The van der Waals surface area contributed by atoms with Gasteiger partial charge in [0.15, 0.2) is 0 Å². The summed E-state index contributed by atoms with van der Waals surface area (Å²) in [5.41, 5.74) is 3.23. The van der Waals surface area contributed by atoms with Crippen LogP contribution in [0, 0.1) is 13.8 Å². The lowest BCUT2D eigenvalue weighted by molar-refractivity contribution is -0.117. The number of benzene rings is 2. The number of ether oxygens (including phenoxy) is 1. The summed E-state index contributed by atoms with van der Waals surface area (Å²) >= 11 is 0. The van der Waals surface area contributed by atoms with Crippen molar-refractivity contribution in [3.05, 3.63) is 53.6 Å². The SMILES string of the molecule is CCC(C(=O)Nc1ccc(C)c(C)c1)N(c1ccc(OC)cc1)S(C)(=O)=O. The van der Waals surface area contributed by atoms with E-state index in [1.807, 2.05) is 32.0 Å². The molecule has 0 aliphatic rings. The van der Waals surface area contributed by atoms with Crippen molar-refractivity contribution in [3.8, 4) is 5.75 Å². The van der Waals surface area contributed by atoms with E-state index in [9.17, 15) is 13.2 Å². The molecule has 0 saturated carbocycles. The second-order valence-electron chi connectivity index (χ2n) is 6.47. The van der Waals surface area contributed by atoms with Gasteiger partial charge in [0.25, 0.3) is 0 Å². The van der Waals surface area contributed by atoms with Gasteiger partial charge in [-0.2, -0.15) is 0 Å². The average molecular weight is 391 g/mol. The molecular formula is C20H26N2O4S. The maximum absolute atomic E-state index is 12.9. The number of carbonyl (C=O) groups is 1. The standard InChI is InChI=1S/C20H26N2O4S/c1-6-19(20(23)21-16-8-7-14(2)15(3)13-16)22(27(5,24)25)17-9-11-18(26-4)12-10-17/h7-13,19H,6H2,1-5H3,(H,21,23). The Hall–Kier alpha value is -2.54. The molecule has 0 fully saturated rings. The van der Waals surface area contributed by atoms with Crippen molar-refractivity contribution in [1.29, 1.82) is 0 Å². The first-order valence-corrected chi connectivity index (χ1v) is 10.5. The van der Waals surface area contributed by atoms with E-state index in [0.717, 1.165) is 21.7 Å². The van der Waals surface area contributed by atoms with Crippen LogP contribution in [0.1, 0.15) is 24.5 Å². The highest BCUT2D eigenvalue weighted by atomic mass is 32.2. The van der Waals surface area contributed by atoms with Gasteiger partial charge in [0.05, 0.1) is 19.1 Å². The molecule has 0 aliphatic carbocycles. The summed E-state index contributed by atoms with van der Waals surface area (Å²) in [6.07, 6.45) is 1.43. The molecule has 7 heteroatoms. The predicted molar refractivity (Wildman–Crippen MR) is 109 cm³/mol. The lowest BCUT2D eigenvalue weighted by Crippen LogP contribution is -2.47. The van der Waals surface area contributed by atoms with Crippen LogP contribution < -0.4 is 14.4 Å². The molecule has 0 saturated heterocycles. The van der Waals surface area contributed by atoms with Crippen molar-refractivity contribution in [3.63, 3.8) is 0 Å². The summed E-state index contributed by atoms with van der Waals surface area (Å²) in [5, 5.41) is 2.84. The average Bonchev–Trinajstić information content (AvgIpc) is 2.61. The van der Waals surface area contributed by atoms with E-state index in [1.54, 1.807) is 31.2 Å². The Morgan fingerprint density at radius 1 is 1.11 bits per heavy atom. The second-order valence-corrected chi connectivity index (χ2v) is 8.33. The van der Waals surface area contributed by atoms with Gasteiger partial charge < -0.3 is 10.1 Å². The summed E-state index contributed by atoms with van der Waals surface area (Å²) in [6.45, 7) is 5.74. The smallest absolute Gasteiger partial charge is 0.248 e. The molecule has 1 N–H and O–H groups in total. The highest BCUT2D eigenvalue weighted by molar-refractivity contribution is 7.92. The van der Waals surface area contributed by atoms with E-state index < -0.39 is 16.1 Å². The molecule has 2 aromatic rings. The molecule has 2 aromatic carbocycles. The van der Waals surface area contributed by atoms with E-state index in [2.05, 4.69) is 5.32 Å². The van der Waals surface area contributed by atoms with Gasteiger partial charge in [-0.25, -0.2) is 8.42 Å². The molecule has 2 rings (SSSR count). The minimum Gasteiger partial charge on any atom is -0.497 e. The fourth-order valence-electron chi connectivity index (χ4n) is 2.83. The zero-order valence-corrected chi connectivity index (χ0v) is 17.1. The summed E-state index contributed by atoms with van der Waals surface area (Å²) in [7, 11) is -2.13. The number of hydrogen-bond acceptors (Lipinski definition) is 4. The number of nitrogens with zero attached hydrogens (tertiary/aromatic N) is 1. The lowest BCUT2D eigenvalue weighted by Gasteiger charge is -2.30. The van der Waals surface area contributed by atoms with E-state index in [-0.39, 0.29) is 5.91 Å². The van der Waals surface area contributed by atoms with Crippen LogP contribution in [0.4, 0.5) is 11.4 Å². The molecular weight excluding hydrogens is 364 g/mol. The summed E-state index contributed by atoms with van der Waals surface area (Å²) in [6, 6.07) is 11.3. The highest BCUT2D eigenvalue weighted by Gasteiger charge is 2.31. The van der Waals surface area contributed by atoms with Gasteiger partial charge in [-0.3, -0.25) is 9.10 Å². The maximum Gasteiger partial charge on any atom is 0.248 e. The number of hydrogen-bond donors (Lipinski definition) is 1. The van der Waals surface area contributed by atoms with Crippen LogP contribution in [0.3, 0.4) is 0 Å². The van der Waals surface area contributed by atoms with Crippen molar-refractivity contribution in [2.24, 2.45) is 0 Å². The van der Waals surface area contributed by atoms with Crippen LogP contribution in [0.15, 0.2) is 42.5 Å². The summed E-state index contributed by atoms with van der Waals surface area (Å²) < 4.78 is 31.2. The zero-order chi connectivity index (χ0) is 20.2. The van der Waals surface area contributed by atoms with E-state index in [1.165, 1.54) is 7.11 Å². The minimum atomic E-state index is -3.67. The third-order valence-corrected chi connectivity index (χ3v) is 5.61. The van der Waals surface area contributed by atoms with Gasteiger partial charge in [0.2, 0.25) is 15.9 Å². The quantitative estimate of drug-likeness (QED) is 0.785. The van der Waals surface area contributed by atoms with Gasteiger partial charge in [-0.15, -0.1) is 0 Å². The molecule has 0 aliphatic heterocycles. The Kier molecular flexibility index (Phi) is 6.49. The molecule has 146 valence electrons. The molecule has 1 atom stereocenters. The summed E-state index contributed by atoms with van der Waals surface area (Å²) in [4.78, 5) is 12.9. The first-order valence-electron chi connectivity index (χ1n) is 8.69. The number of methoxy groups -OCH3 is 1. The Morgan fingerprint density at radius 3 is 2.22 bits per heavy atom. The van der Waals surface area contributed by atoms with Gasteiger partial charge in [-0.1, -0.05) is 13.0 Å². The van der Waals surface area contributed by atoms with E-state index >= 15 is 0 Å². The monoisotopic (exact) mass is 390 g/mol. The fraction of sp³-hybridized carbons (Fsp3) is 0.350. The number of rotatable bonds is 7. The zero-order valence-electron chi connectivity index (χ0n) is 16.3. The number of aryl methyl sites for hydroxylation is 2. The largest absolute Gasteiger partial charge is 0.497 e. The number of anilines is 2.